The van der Waals surface area contributed by atoms with Crippen molar-refractivity contribution in [2.45, 2.75) is 6.42 Å². The Labute approximate surface area is 69.7 Å². The highest BCUT2D eigenvalue weighted by molar-refractivity contribution is 7.80. The quantitative estimate of drug-likeness (QED) is 0.705. The van der Waals surface area contributed by atoms with Crippen LogP contribution in [0.1, 0.15) is 4.88 Å². The molecule has 0 bridgehead atoms. The number of methoxy groups -OCH3 is 1. The molecule has 0 amide bonds. The number of ether oxygens (including phenoxy) is 1. The maximum Gasteiger partial charge on any atom is 0.273 e. The Hall–Kier alpha value is -0.220. The molecule has 56 valence electrons. The van der Waals surface area contributed by atoms with Crippen molar-refractivity contribution in [3.63, 3.8) is 0 Å². The zero-order chi connectivity index (χ0) is 7.40. The second kappa shape index (κ2) is 3.83. The summed E-state index contributed by atoms with van der Waals surface area (Å²) in [4.78, 5) is 5.24. The fraction of sp³-hybridized carbons (Fsp3) is 0.500. The van der Waals surface area contributed by atoms with Crippen molar-refractivity contribution in [2.75, 3.05) is 12.9 Å². The number of hydrogen-bond acceptors (Lipinski definition) is 4. The first-order valence-corrected chi connectivity index (χ1v) is 4.41. The number of rotatable bonds is 3. The predicted octanol–water partition coefficient (Wildman–Crippen LogP) is 1.62. The molecule has 0 aromatic carbocycles. The number of thiazole rings is 1. The molecule has 1 aromatic heterocycles. The van der Waals surface area contributed by atoms with Crippen LogP contribution < -0.4 is 4.74 Å². The van der Waals surface area contributed by atoms with Gasteiger partial charge in [0.15, 0.2) is 0 Å². The molecule has 0 saturated carbocycles. The third-order valence-electron chi connectivity index (χ3n) is 1.07. The summed E-state index contributed by atoms with van der Waals surface area (Å²) in [6.07, 6.45) is 2.81. The highest BCUT2D eigenvalue weighted by atomic mass is 32.1. The number of aryl methyl sites for hydroxylation is 1. The molecule has 1 rings (SSSR count). The van der Waals surface area contributed by atoms with Crippen LogP contribution in [0.2, 0.25) is 0 Å². The molecule has 4 heteroatoms. The van der Waals surface area contributed by atoms with Gasteiger partial charge in [0, 0.05) is 11.1 Å². The molecule has 0 fully saturated rings. The Balaban J connectivity index is 2.59. The summed E-state index contributed by atoms with van der Waals surface area (Å²) in [5.41, 5.74) is 0. The number of aromatic nitrogens is 1. The van der Waals surface area contributed by atoms with Crippen molar-refractivity contribution < 1.29 is 4.74 Å². The SMILES string of the molecule is COc1ncc(CCS)s1. The van der Waals surface area contributed by atoms with Gasteiger partial charge in [-0.3, -0.25) is 0 Å². The summed E-state index contributed by atoms with van der Waals surface area (Å²) < 4.78 is 4.92. The number of thiol groups is 1. The first-order valence-electron chi connectivity index (χ1n) is 2.96. The van der Waals surface area contributed by atoms with E-state index in [2.05, 4.69) is 17.6 Å². The van der Waals surface area contributed by atoms with Gasteiger partial charge in [0.2, 0.25) is 0 Å². The van der Waals surface area contributed by atoms with Crippen LogP contribution in [0, 0.1) is 0 Å². The lowest BCUT2D eigenvalue weighted by molar-refractivity contribution is 0.412. The Bertz CT molecular complexity index is 199. The molecule has 10 heavy (non-hydrogen) atoms. The van der Waals surface area contributed by atoms with Crippen LogP contribution in [0.5, 0.6) is 5.19 Å². The number of hydrogen-bond donors (Lipinski definition) is 1. The van der Waals surface area contributed by atoms with Gasteiger partial charge in [-0.2, -0.15) is 12.6 Å². The van der Waals surface area contributed by atoms with Crippen LogP contribution in [-0.2, 0) is 6.42 Å². The van der Waals surface area contributed by atoms with Crippen molar-refractivity contribution in [1.82, 2.24) is 4.98 Å². The van der Waals surface area contributed by atoms with E-state index >= 15 is 0 Å². The van der Waals surface area contributed by atoms with E-state index in [9.17, 15) is 0 Å². The van der Waals surface area contributed by atoms with Crippen molar-refractivity contribution in [3.05, 3.63) is 11.1 Å². The van der Waals surface area contributed by atoms with Crippen LogP contribution >= 0.6 is 24.0 Å². The number of nitrogens with zero attached hydrogens (tertiary/aromatic N) is 1. The summed E-state index contributed by atoms with van der Waals surface area (Å²) >= 11 is 5.68. The average molecular weight is 175 g/mol. The topological polar surface area (TPSA) is 22.1 Å². The van der Waals surface area contributed by atoms with Gasteiger partial charge in [-0.15, -0.1) is 0 Å². The summed E-state index contributed by atoms with van der Waals surface area (Å²) in [5.74, 6) is 0.866. The van der Waals surface area contributed by atoms with E-state index in [1.807, 2.05) is 6.20 Å². The van der Waals surface area contributed by atoms with Gasteiger partial charge in [-0.1, -0.05) is 11.3 Å². The molecular formula is C6H9NOS2. The van der Waals surface area contributed by atoms with E-state index in [0.29, 0.717) is 0 Å². The minimum Gasteiger partial charge on any atom is -0.473 e. The fourth-order valence-corrected chi connectivity index (χ4v) is 1.72. The lowest BCUT2D eigenvalue weighted by Gasteiger charge is -1.87. The van der Waals surface area contributed by atoms with E-state index in [1.54, 1.807) is 18.4 Å². The minimum absolute atomic E-state index is 0.733. The van der Waals surface area contributed by atoms with E-state index in [4.69, 9.17) is 4.74 Å². The standard InChI is InChI=1S/C6H9NOS2/c1-8-6-7-4-5(10-6)2-3-9/h4,9H,2-3H2,1H3. The third-order valence-corrected chi connectivity index (χ3v) is 2.31. The summed E-state index contributed by atoms with van der Waals surface area (Å²) in [5, 5.41) is 0.733. The third kappa shape index (κ3) is 1.88. The molecule has 2 nitrogen and oxygen atoms in total. The van der Waals surface area contributed by atoms with Crippen molar-refractivity contribution in [1.29, 1.82) is 0 Å². The smallest absolute Gasteiger partial charge is 0.273 e. The maximum absolute atomic E-state index is 4.92. The summed E-state index contributed by atoms with van der Waals surface area (Å²) in [7, 11) is 1.63. The molecule has 0 radical (unpaired) electrons. The van der Waals surface area contributed by atoms with Crippen LogP contribution in [0.25, 0.3) is 0 Å². The lowest BCUT2D eigenvalue weighted by Crippen LogP contribution is -1.77. The maximum atomic E-state index is 4.92. The van der Waals surface area contributed by atoms with Crippen LogP contribution in [0.15, 0.2) is 6.20 Å². The van der Waals surface area contributed by atoms with Gasteiger partial charge in [0.1, 0.15) is 0 Å². The van der Waals surface area contributed by atoms with E-state index in [-0.39, 0.29) is 0 Å². The normalized spacial score (nSPS) is 9.80. The Morgan fingerprint density at radius 1 is 1.80 bits per heavy atom. The van der Waals surface area contributed by atoms with Gasteiger partial charge in [0.25, 0.3) is 5.19 Å². The zero-order valence-electron chi connectivity index (χ0n) is 5.70. The molecule has 1 aromatic rings. The van der Waals surface area contributed by atoms with Gasteiger partial charge in [0.05, 0.1) is 7.11 Å². The zero-order valence-corrected chi connectivity index (χ0v) is 7.41. The van der Waals surface area contributed by atoms with Crippen molar-refractivity contribution >= 4 is 24.0 Å². The Morgan fingerprint density at radius 3 is 3.10 bits per heavy atom. The van der Waals surface area contributed by atoms with Gasteiger partial charge >= 0.3 is 0 Å². The fourth-order valence-electron chi connectivity index (χ4n) is 0.610. The minimum atomic E-state index is 0.733. The van der Waals surface area contributed by atoms with Crippen LogP contribution in [0.4, 0.5) is 0 Å². The molecule has 0 saturated heterocycles. The molecule has 0 unspecified atom stereocenters. The van der Waals surface area contributed by atoms with Gasteiger partial charge in [-0.05, 0) is 12.2 Å². The second-order valence-electron chi connectivity index (χ2n) is 1.77. The Morgan fingerprint density at radius 2 is 2.60 bits per heavy atom. The largest absolute Gasteiger partial charge is 0.473 e. The van der Waals surface area contributed by atoms with Crippen LogP contribution in [0.3, 0.4) is 0 Å². The molecule has 0 spiro atoms. The average Bonchev–Trinajstić information content (AvgIpc) is 2.37. The van der Waals surface area contributed by atoms with Crippen LogP contribution in [-0.4, -0.2) is 17.8 Å². The Kier molecular flexibility index (Phi) is 3.02. The lowest BCUT2D eigenvalue weighted by atomic mass is 10.4. The first-order chi connectivity index (χ1) is 4.86. The van der Waals surface area contributed by atoms with E-state index in [1.165, 1.54) is 4.88 Å². The molecular weight excluding hydrogens is 166 g/mol. The molecule has 0 aliphatic rings. The molecule has 0 atom stereocenters. The highest BCUT2D eigenvalue weighted by Gasteiger charge is 1.98. The van der Waals surface area contributed by atoms with E-state index in [0.717, 1.165) is 17.4 Å². The second-order valence-corrected chi connectivity index (χ2v) is 3.30. The van der Waals surface area contributed by atoms with Gasteiger partial charge < -0.3 is 4.74 Å². The van der Waals surface area contributed by atoms with E-state index < -0.39 is 0 Å². The van der Waals surface area contributed by atoms with Crippen molar-refractivity contribution in [2.24, 2.45) is 0 Å². The van der Waals surface area contributed by atoms with Gasteiger partial charge in [-0.25, -0.2) is 4.98 Å². The first kappa shape index (κ1) is 7.88. The molecule has 0 N–H and O–H groups in total. The monoisotopic (exact) mass is 175 g/mol. The summed E-state index contributed by atoms with van der Waals surface area (Å²) in [6.45, 7) is 0. The summed E-state index contributed by atoms with van der Waals surface area (Å²) in [6, 6.07) is 0. The highest BCUT2D eigenvalue weighted by Crippen LogP contribution is 2.20. The van der Waals surface area contributed by atoms with Crippen molar-refractivity contribution in [3.8, 4) is 5.19 Å². The molecule has 1 heterocycles. The predicted molar refractivity (Wildman–Crippen MR) is 46.2 cm³/mol. The molecule has 0 aliphatic heterocycles. The molecule has 0 aliphatic carbocycles.